The number of carbonyl (C=O) groups excluding carboxylic acids is 1. The van der Waals surface area contributed by atoms with Crippen LogP contribution in [0.2, 0.25) is 0 Å². The Morgan fingerprint density at radius 3 is 2.44 bits per heavy atom. The molecule has 1 aromatic carbocycles. The Morgan fingerprint density at radius 2 is 1.84 bits per heavy atom. The van der Waals surface area contributed by atoms with E-state index in [2.05, 4.69) is 10.3 Å². The summed E-state index contributed by atoms with van der Waals surface area (Å²) < 4.78 is 16.2. The third kappa shape index (κ3) is 4.12. The fourth-order valence-electron chi connectivity index (χ4n) is 2.52. The summed E-state index contributed by atoms with van der Waals surface area (Å²) >= 11 is 0. The molecule has 0 unspecified atom stereocenters. The van der Waals surface area contributed by atoms with Crippen molar-refractivity contribution < 1.29 is 19.0 Å². The zero-order valence-electron chi connectivity index (χ0n) is 14.5. The number of benzene rings is 1. The van der Waals surface area contributed by atoms with Gasteiger partial charge in [0.25, 0.3) is 0 Å². The predicted molar refractivity (Wildman–Crippen MR) is 93.5 cm³/mol. The molecule has 1 aromatic heterocycles. The Bertz CT molecular complexity index is 737. The number of hydrogen-bond acceptors (Lipinski definition) is 5. The van der Waals surface area contributed by atoms with E-state index in [9.17, 15) is 4.79 Å². The average molecular weight is 343 g/mol. The van der Waals surface area contributed by atoms with Crippen molar-refractivity contribution in [3.63, 3.8) is 0 Å². The second-order valence-electron chi connectivity index (χ2n) is 5.79. The molecular formula is C18H21N3O4. The van der Waals surface area contributed by atoms with E-state index in [-0.39, 0.29) is 12.1 Å². The quantitative estimate of drug-likeness (QED) is 0.904. The molecule has 0 saturated carbocycles. The van der Waals surface area contributed by atoms with Gasteiger partial charge in [0, 0.05) is 35.6 Å². The Kier molecular flexibility index (Phi) is 4.92. The lowest BCUT2D eigenvalue weighted by Gasteiger charge is -2.38. The average Bonchev–Trinajstić information content (AvgIpc) is 2.57. The van der Waals surface area contributed by atoms with Crippen molar-refractivity contribution in [1.82, 2.24) is 9.88 Å². The highest BCUT2D eigenvalue weighted by Crippen LogP contribution is 2.26. The summed E-state index contributed by atoms with van der Waals surface area (Å²) in [5.74, 6) is 1.82. The third-order valence-electron chi connectivity index (χ3n) is 3.89. The number of amides is 2. The number of nitrogens with one attached hydrogen (secondary N) is 1. The number of aromatic nitrogens is 1. The number of pyridine rings is 1. The van der Waals surface area contributed by atoms with Crippen molar-refractivity contribution in [1.29, 1.82) is 0 Å². The SMILES string of the molecule is COc1cc(NC(=O)N2CC(Oc3cccc(C)n3)C2)cc(OC)c1. The first kappa shape index (κ1) is 16.9. The van der Waals surface area contributed by atoms with Crippen LogP contribution in [0.4, 0.5) is 10.5 Å². The summed E-state index contributed by atoms with van der Waals surface area (Å²) in [4.78, 5) is 18.3. The largest absolute Gasteiger partial charge is 0.497 e. The van der Waals surface area contributed by atoms with Gasteiger partial charge in [0.15, 0.2) is 0 Å². The minimum atomic E-state index is -0.188. The zero-order chi connectivity index (χ0) is 17.8. The lowest BCUT2D eigenvalue weighted by Crippen LogP contribution is -2.57. The molecule has 25 heavy (non-hydrogen) atoms. The number of anilines is 1. The van der Waals surface area contributed by atoms with Crippen molar-refractivity contribution in [2.45, 2.75) is 13.0 Å². The molecule has 1 saturated heterocycles. The van der Waals surface area contributed by atoms with Crippen LogP contribution in [0.3, 0.4) is 0 Å². The van der Waals surface area contributed by atoms with Gasteiger partial charge in [-0.05, 0) is 13.0 Å². The van der Waals surface area contributed by atoms with E-state index in [0.717, 1.165) is 5.69 Å². The van der Waals surface area contributed by atoms with Gasteiger partial charge in [-0.25, -0.2) is 9.78 Å². The summed E-state index contributed by atoms with van der Waals surface area (Å²) in [5, 5.41) is 2.84. The minimum Gasteiger partial charge on any atom is -0.497 e. The van der Waals surface area contributed by atoms with E-state index >= 15 is 0 Å². The second kappa shape index (κ2) is 7.29. The first-order valence-corrected chi connectivity index (χ1v) is 7.96. The van der Waals surface area contributed by atoms with Gasteiger partial charge in [0.05, 0.1) is 27.3 Å². The molecule has 3 rings (SSSR count). The Hall–Kier alpha value is -2.96. The van der Waals surface area contributed by atoms with Gasteiger partial charge in [0.2, 0.25) is 5.88 Å². The molecule has 0 atom stereocenters. The van der Waals surface area contributed by atoms with Crippen molar-refractivity contribution in [3.05, 3.63) is 42.1 Å². The van der Waals surface area contributed by atoms with Gasteiger partial charge in [-0.1, -0.05) is 6.07 Å². The number of likely N-dealkylation sites (tertiary alicyclic amines) is 1. The molecule has 0 spiro atoms. The molecule has 7 nitrogen and oxygen atoms in total. The van der Waals surface area contributed by atoms with Crippen LogP contribution in [0.15, 0.2) is 36.4 Å². The van der Waals surface area contributed by atoms with Crippen LogP contribution in [0, 0.1) is 6.92 Å². The van der Waals surface area contributed by atoms with Crippen molar-refractivity contribution in [2.75, 3.05) is 32.6 Å². The molecule has 2 amide bonds. The Labute approximate surface area is 146 Å². The normalized spacial score (nSPS) is 13.8. The molecule has 1 aliphatic rings. The van der Waals surface area contributed by atoms with Crippen LogP contribution < -0.4 is 19.5 Å². The smallest absolute Gasteiger partial charge is 0.322 e. The van der Waals surface area contributed by atoms with E-state index in [1.807, 2.05) is 25.1 Å². The topological polar surface area (TPSA) is 72.9 Å². The van der Waals surface area contributed by atoms with Crippen LogP contribution in [-0.2, 0) is 0 Å². The first-order valence-electron chi connectivity index (χ1n) is 7.96. The van der Waals surface area contributed by atoms with Crippen molar-refractivity contribution >= 4 is 11.7 Å². The zero-order valence-corrected chi connectivity index (χ0v) is 14.5. The molecule has 2 aromatic rings. The van der Waals surface area contributed by atoms with Gasteiger partial charge in [-0.15, -0.1) is 0 Å². The standard InChI is InChI=1S/C18H21N3O4/c1-12-5-4-6-17(19-12)25-16-10-21(11-16)18(22)20-13-7-14(23-2)9-15(8-13)24-3/h4-9,16H,10-11H2,1-3H3,(H,20,22). The number of nitrogens with zero attached hydrogens (tertiary/aromatic N) is 2. The van der Waals surface area contributed by atoms with Gasteiger partial charge < -0.3 is 24.4 Å². The van der Waals surface area contributed by atoms with Gasteiger partial charge >= 0.3 is 6.03 Å². The minimum absolute atomic E-state index is 0.0418. The number of rotatable bonds is 5. The van der Waals surface area contributed by atoms with E-state index in [1.165, 1.54) is 0 Å². The van der Waals surface area contributed by atoms with Crippen LogP contribution in [0.1, 0.15) is 5.69 Å². The molecule has 2 heterocycles. The fraction of sp³-hybridized carbons (Fsp3) is 0.333. The summed E-state index contributed by atoms with van der Waals surface area (Å²) in [6, 6.07) is 10.7. The van der Waals surface area contributed by atoms with Crippen molar-refractivity contribution in [2.24, 2.45) is 0 Å². The Morgan fingerprint density at radius 1 is 1.16 bits per heavy atom. The molecule has 7 heteroatoms. The summed E-state index contributed by atoms with van der Waals surface area (Å²) in [6.07, 6.45) is -0.0418. The molecule has 0 bridgehead atoms. The maximum Gasteiger partial charge on any atom is 0.322 e. The number of carbonyl (C=O) groups is 1. The number of urea groups is 1. The number of methoxy groups -OCH3 is 2. The molecule has 1 N–H and O–H groups in total. The third-order valence-corrected chi connectivity index (χ3v) is 3.89. The molecule has 132 valence electrons. The molecular weight excluding hydrogens is 322 g/mol. The highest BCUT2D eigenvalue weighted by atomic mass is 16.5. The van der Waals surface area contributed by atoms with Gasteiger partial charge in [-0.3, -0.25) is 0 Å². The number of aryl methyl sites for hydroxylation is 1. The highest BCUT2D eigenvalue weighted by Gasteiger charge is 2.32. The second-order valence-corrected chi connectivity index (χ2v) is 5.79. The van der Waals surface area contributed by atoms with Crippen molar-refractivity contribution in [3.8, 4) is 17.4 Å². The first-order chi connectivity index (χ1) is 12.1. The maximum absolute atomic E-state index is 12.3. The number of ether oxygens (including phenoxy) is 3. The summed E-state index contributed by atoms with van der Waals surface area (Å²) in [5.41, 5.74) is 1.52. The van der Waals surface area contributed by atoms with Crippen LogP contribution in [0.25, 0.3) is 0 Å². The van der Waals surface area contributed by atoms with E-state index in [4.69, 9.17) is 14.2 Å². The van der Waals surface area contributed by atoms with E-state index in [0.29, 0.717) is 36.2 Å². The molecule has 0 radical (unpaired) electrons. The van der Waals surface area contributed by atoms with Crippen LogP contribution in [0.5, 0.6) is 17.4 Å². The molecule has 1 aliphatic heterocycles. The lowest BCUT2D eigenvalue weighted by atomic mass is 10.2. The molecule has 1 fully saturated rings. The highest BCUT2D eigenvalue weighted by molar-refractivity contribution is 5.90. The summed E-state index contributed by atoms with van der Waals surface area (Å²) in [6.45, 7) is 2.95. The molecule has 0 aliphatic carbocycles. The Balaban J connectivity index is 1.54. The summed E-state index contributed by atoms with van der Waals surface area (Å²) in [7, 11) is 3.13. The van der Waals surface area contributed by atoms with Crippen LogP contribution in [-0.4, -0.2) is 49.3 Å². The lowest BCUT2D eigenvalue weighted by molar-refractivity contribution is 0.0460. The number of hydrogen-bond donors (Lipinski definition) is 1. The van der Waals surface area contributed by atoms with E-state index in [1.54, 1.807) is 37.3 Å². The predicted octanol–water partition coefficient (Wildman–Crippen LogP) is 2.70. The van der Waals surface area contributed by atoms with Crippen LogP contribution >= 0.6 is 0 Å². The van der Waals surface area contributed by atoms with Gasteiger partial charge in [0.1, 0.15) is 17.6 Å². The fourth-order valence-corrected chi connectivity index (χ4v) is 2.52. The van der Waals surface area contributed by atoms with Gasteiger partial charge in [-0.2, -0.15) is 0 Å². The van der Waals surface area contributed by atoms with E-state index < -0.39 is 0 Å². The maximum atomic E-state index is 12.3. The monoisotopic (exact) mass is 343 g/mol.